The molecular weight excluding hydrogens is 288 g/mol. The van der Waals surface area contributed by atoms with Crippen LogP contribution in [0.3, 0.4) is 0 Å². The number of aliphatic hydroxyl groups is 2. The molecule has 3 heteroatoms. The predicted molar refractivity (Wildman–Crippen MR) is 90.9 cm³/mol. The summed E-state index contributed by atoms with van der Waals surface area (Å²) in [4.78, 5) is 13.1. The van der Waals surface area contributed by atoms with Gasteiger partial charge in [0, 0.05) is 13.0 Å². The van der Waals surface area contributed by atoms with Gasteiger partial charge >= 0.3 is 0 Å². The number of hydrogen-bond donors (Lipinski definition) is 2. The Morgan fingerprint density at radius 2 is 1.87 bits per heavy atom. The molecule has 3 aliphatic carbocycles. The van der Waals surface area contributed by atoms with Gasteiger partial charge in [-0.3, -0.25) is 4.79 Å². The average Bonchev–Trinajstić information content (AvgIpc) is 2.46. The summed E-state index contributed by atoms with van der Waals surface area (Å²) >= 11 is 0. The molecule has 2 N–H and O–H groups in total. The van der Waals surface area contributed by atoms with Crippen LogP contribution >= 0.6 is 0 Å². The van der Waals surface area contributed by atoms with E-state index in [1.807, 2.05) is 6.92 Å². The summed E-state index contributed by atoms with van der Waals surface area (Å²) < 4.78 is 0. The molecule has 2 saturated carbocycles. The van der Waals surface area contributed by atoms with E-state index in [4.69, 9.17) is 0 Å². The molecule has 0 radical (unpaired) electrons. The van der Waals surface area contributed by atoms with Gasteiger partial charge < -0.3 is 10.2 Å². The van der Waals surface area contributed by atoms with Crippen LogP contribution in [-0.2, 0) is 4.79 Å². The highest BCUT2D eigenvalue weighted by Gasteiger charge is 2.64. The molecule has 0 aromatic carbocycles. The van der Waals surface area contributed by atoms with E-state index in [1.54, 1.807) is 0 Å². The van der Waals surface area contributed by atoms with Crippen molar-refractivity contribution >= 4 is 5.78 Å². The lowest BCUT2D eigenvalue weighted by atomic mass is 9.40. The van der Waals surface area contributed by atoms with Gasteiger partial charge in [0.05, 0.1) is 11.5 Å². The first-order valence-corrected chi connectivity index (χ1v) is 9.19. The molecule has 3 aliphatic rings. The molecule has 1 unspecified atom stereocenters. The van der Waals surface area contributed by atoms with Crippen molar-refractivity contribution in [2.45, 2.75) is 72.3 Å². The van der Waals surface area contributed by atoms with Crippen molar-refractivity contribution in [1.82, 2.24) is 0 Å². The number of aliphatic hydroxyl groups excluding tert-OH is 2. The first-order valence-electron chi connectivity index (χ1n) is 9.19. The minimum atomic E-state index is -0.733. The van der Waals surface area contributed by atoms with Gasteiger partial charge in [0.15, 0.2) is 0 Å². The van der Waals surface area contributed by atoms with E-state index in [0.29, 0.717) is 18.8 Å². The van der Waals surface area contributed by atoms with Crippen molar-refractivity contribution < 1.29 is 15.0 Å². The van der Waals surface area contributed by atoms with Gasteiger partial charge in [0.2, 0.25) is 0 Å². The molecule has 0 bridgehead atoms. The summed E-state index contributed by atoms with van der Waals surface area (Å²) in [5.74, 6) is 0.851. The van der Waals surface area contributed by atoms with Gasteiger partial charge in [-0.2, -0.15) is 0 Å². The third kappa shape index (κ3) is 2.26. The molecule has 5 atom stereocenters. The van der Waals surface area contributed by atoms with Crippen molar-refractivity contribution in [2.75, 3.05) is 6.61 Å². The van der Waals surface area contributed by atoms with Crippen molar-refractivity contribution in [3.63, 3.8) is 0 Å². The molecule has 3 nitrogen and oxygen atoms in total. The van der Waals surface area contributed by atoms with Gasteiger partial charge in [-0.25, -0.2) is 0 Å². The highest BCUT2D eigenvalue weighted by atomic mass is 16.3. The SMILES string of the molecule is CC1(C)CCC[C@]2(C)[C@H]3CC=C(CCO)C(O)[C@@]3(C)C(=O)C[C@@H]12. The van der Waals surface area contributed by atoms with Gasteiger partial charge in [-0.1, -0.05) is 33.3 Å². The number of hydrogen-bond acceptors (Lipinski definition) is 3. The van der Waals surface area contributed by atoms with Gasteiger partial charge in [0.1, 0.15) is 5.78 Å². The monoisotopic (exact) mass is 320 g/mol. The van der Waals surface area contributed by atoms with Crippen molar-refractivity contribution in [2.24, 2.45) is 28.1 Å². The molecule has 3 rings (SSSR count). The number of carbonyl (C=O) groups is 1. The second-order valence-electron chi connectivity index (χ2n) is 9.25. The molecule has 0 amide bonds. The smallest absolute Gasteiger partial charge is 0.142 e. The summed E-state index contributed by atoms with van der Waals surface area (Å²) in [6.07, 6.45) is 6.87. The van der Waals surface area contributed by atoms with Crippen molar-refractivity contribution in [3.8, 4) is 0 Å². The maximum Gasteiger partial charge on any atom is 0.142 e. The Labute approximate surface area is 140 Å². The standard InChI is InChI=1S/C20H32O3/c1-18(2)9-5-10-19(3)14-7-6-13(8-11-21)17(23)20(14,4)16(22)12-15(18)19/h6,14-15,17,21,23H,5,7-12H2,1-4H3/t14-,15+,17?,19-,20-/m1/s1. The zero-order valence-electron chi connectivity index (χ0n) is 15.1. The summed E-state index contributed by atoms with van der Waals surface area (Å²) in [7, 11) is 0. The Morgan fingerprint density at radius 3 is 2.52 bits per heavy atom. The fourth-order valence-electron chi connectivity index (χ4n) is 6.37. The third-order valence-corrected chi connectivity index (χ3v) is 7.72. The number of allylic oxidation sites excluding steroid dienone is 1. The Kier molecular flexibility index (Phi) is 4.04. The topological polar surface area (TPSA) is 57.5 Å². The minimum absolute atomic E-state index is 0.0325. The lowest BCUT2D eigenvalue weighted by Gasteiger charge is -2.63. The Hall–Kier alpha value is -0.670. The second-order valence-corrected chi connectivity index (χ2v) is 9.25. The molecule has 0 saturated heterocycles. The van der Waals surface area contributed by atoms with Crippen LogP contribution in [0.4, 0.5) is 0 Å². The van der Waals surface area contributed by atoms with E-state index < -0.39 is 11.5 Å². The van der Waals surface area contributed by atoms with E-state index in [0.717, 1.165) is 18.4 Å². The van der Waals surface area contributed by atoms with Crippen LogP contribution in [0, 0.1) is 28.1 Å². The third-order valence-electron chi connectivity index (χ3n) is 7.72. The first kappa shape index (κ1) is 17.2. The number of fused-ring (bicyclic) bond motifs is 3. The lowest BCUT2D eigenvalue weighted by molar-refractivity contribution is -0.177. The maximum absolute atomic E-state index is 13.1. The fourth-order valence-corrected chi connectivity index (χ4v) is 6.37. The van der Waals surface area contributed by atoms with E-state index in [1.165, 1.54) is 12.8 Å². The molecule has 0 aromatic rings. The highest BCUT2D eigenvalue weighted by molar-refractivity contribution is 5.88. The van der Waals surface area contributed by atoms with Crippen LogP contribution in [-0.4, -0.2) is 28.7 Å². The molecule has 130 valence electrons. The molecular formula is C20H32O3. The second kappa shape index (κ2) is 5.42. The van der Waals surface area contributed by atoms with Gasteiger partial charge in [-0.15, -0.1) is 0 Å². The van der Waals surface area contributed by atoms with Crippen LogP contribution in [0.15, 0.2) is 11.6 Å². The van der Waals surface area contributed by atoms with Crippen molar-refractivity contribution in [1.29, 1.82) is 0 Å². The predicted octanol–water partition coefficient (Wildman–Crippen LogP) is 3.49. The zero-order chi connectivity index (χ0) is 17.0. The zero-order valence-corrected chi connectivity index (χ0v) is 15.1. The minimum Gasteiger partial charge on any atom is -0.396 e. The molecule has 0 spiro atoms. The normalized spacial score (nSPS) is 45.9. The van der Waals surface area contributed by atoms with Crippen LogP contribution < -0.4 is 0 Å². The van der Waals surface area contributed by atoms with E-state index >= 15 is 0 Å². The molecule has 0 aromatic heterocycles. The first-order chi connectivity index (χ1) is 10.7. The number of rotatable bonds is 2. The molecule has 0 aliphatic heterocycles. The van der Waals surface area contributed by atoms with Crippen molar-refractivity contribution in [3.05, 3.63) is 11.6 Å². The summed E-state index contributed by atoms with van der Waals surface area (Å²) in [6, 6.07) is 0. The Morgan fingerprint density at radius 1 is 1.17 bits per heavy atom. The fraction of sp³-hybridized carbons (Fsp3) is 0.850. The van der Waals surface area contributed by atoms with Gasteiger partial charge in [-0.05, 0) is 60.8 Å². The van der Waals surface area contributed by atoms with E-state index in [-0.39, 0.29) is 29.1 Å². The average molecular weight is 320 g/mol. The van der Waals surface area contributed by atoms with E-state index in [9.17, 15) is 15.0 Å². The summed E-state index contributed by atoms with van der Waals surface area (Å²) in [5, 5.41) is 20.2. The summed E-state index contributed by atoms with van der Waals surface area (Å²) in [5.41, 5.74) is 0.492. The van der Waals surface area contributed by atoms with Crippen LogP contribution in [0.25, 0.3) is 0 Å². The van der Waals surface area contributed by atoms with Crippen LogP contribution in [0.5, 0.6) is 0 Å². The maximum atomic E-state index is 13.1. The number of Topliss-reactive ketones (excluding diaryl/α,β-unsaturated/α-hetero) is 1. The molecule has 23 heavy (non-hydrogen) atoms. The molecule has 2 fully saturated rings. The quantitative estimate of drug-likeness (QED) is 0.766. The summed E-state index contributed by atoms with van der Waals surface area (Å²) in [6.45, 7) is 9.02. The van der Waals surface area contributed by atoms with Crippen LogP contribution in [0.2, 0.25) is 0 Å². The molecule has 0 heterocycles. The number of ketones is 1. The van der Waals surface area contributed by atoms with Crippen LogP contribution in [0.1, 0.15) is 66.2 Å². The van der Waals surface area contributed by atoms with Gasteiger partial charge in [0.25, 0.3) is 0 Å². The largest absolute Gasteiger partial charge is 0.396 e. The highest BCUT2D eigenvalue weighted by Crippen LogP contribution is 2.66. The van der Waals surface area contributed by atoms with E-state index in [2.05, 4.69) is 26.8 Å². The Bertz CT molecular complexity index is 535. The number of carbonyl (C=O) groups excluding carboxylic acids is 1. The Balaban J connectivity index is 2.05. The lowest BCUT2D eigenvalue weighted by Crippen LogP contribution is -2.63.